The number of halogens is 1. The van der Waals surface area contributed by atoms with Crippen LogP contribution in [-0.2, 0) is 16.0 Å². The number of carbonyl (C=O) groups excluding carboxylic acids is 1. The van der Waals surface area contributed by atoms with Gasteiger partial charge in [0.15, 0.2) is 5.13 Å². The molecule has 1 fully saturated rings. The van der Waals surface area contributed by atoms with Crippen LogP contribution in [0.25, 0.3) is 0 Å². The van der Waals surface area contributed by atoms with E-state index in [1.54, 1.807) is 25.4 Å². The van der Waals surface area contributed by atoms with Crippen molar-refractivity contribution >= 4 is 22.4 Å². The van der Waals surface area contributed by atoms with Crippen molar-refractivity contribution in [3.8, 4) is 0 Å². The van der Waals surface area contributed by atoms with Crippen LogP contribution in [0.3, 0.4) is 0 Å². The van der Waals surface area contributed by atoms with E-state index in [0.717, 1.165) is 18.0 Å². The third-order valence-electron chi connectivity index (χ3n) is 4.31. The predicted molar refractivity (Wildman–Crippen MR) is 91.8 cm³/mol. The van der Waals surface area contributed by atoms with Gasteiger partial charge >= 0.3 is 0 Å². The zero-order chi connectivity index (χ0) is 17.0. The molecule has 24 heavy (non-hydrogen) atoms. The van der Waals surface area contributed by atoms with Gasteiger partial charge in [-0.2, -0.15) is 0 Å². The summed E-state index contributed by atoms with van der Waals surface area (Å²) < 4.78 is 19.2. The lowest BCUT2D eigenvalue weighted by atomic mass is 9.91. The molecule has 0 atom stereocenters. The van der Waals surface area contributed by atoms with E-state index in [0.29, 0.717) is 30.0 Å². The van der Waals surface area contributed by atoms with Gasteiger partial charge in [-0.15, -0.1) is 11.3 Å². The summed E-state index contributed by atoms with van der Waals surface area (Å²) in [5.74, 6) is -0.400. The second-order valence-corrected chi connectivity index (χ2v) is 6.92. The highest BCUT2D eigenvalue weighted by Gasteiger charge is 2.40. The van der Waals surface area contributed by atoms with E-state index in [4.69, 9.17) is 4.74 Å². The van der Waals surface area contributed by atoms with Crippen LogP contribution in [0.4, 0.5) is 9.52 Å². The molecule has 0 saturated carbocycles. The number of rotatable bonds is 5. The van der Waals surface area contributed by atoms with Crippen molar-refractivity contribution in [2.45, 2.75) is 24.9 Å². The second kappa shape index (κ2) is 7.38. The molecule has 1 aromatic carbocycles. The molecule has 0 bridgehead atoms. The van der Waals surface area contributed by atoms with Crippen LogP contribution in [0.1, 0.15) is 23.3 Å². The van der Waals surface area contributed by atoms with Crippen molar-refractivity contribution in [2.75, 3.05) is 25.5 Å². The zero-order valence-electron chi connectivity index (χ0n) is 13.5. The summed E-state index contributed by atoms with van der Waals surface area (Å²) in [5, 5.41) is 6.58. The molecule has 1 aliphatic heterocycles. The van der Waals surface area contributed by atoms with Crippen LogP contribution in [0, 0.1) is 5.82 Å². The van der Waals surface area contributed by atoms with E-state index in [9.17, 15) is 9.18 Å². The maximum atomic E-state index is 13.7. The fourth-order valence-electron chi connectivity index (χ4n) is 2.84. The van der Waals surface area contributed by atoms with Gasteiger partial charge in [0.05, 0.1) is 0 Å². The maximum absolute atomic E-state index is 13.7. The maximum Gasteiger partial charge on any atom is 0.258 e. The van der Waals surface area contributed by atoms with Crippen molar-refractivity contribution in [3.63, 3.8) is 0 Å². The van der Waals surface area contributed by atoms with E-state index >= 15 is 0 Å². The molecule has 1 amide bonds. The van der Waals surface area contributed by atoms with Gasteiger partial charge in [-0.25, -0.2) is 9.37 Å². The molecule has 0 radical (unpaired) electrons. The molecule has 3 rings (SSSR count). The third kappa shape index (κ3) is 3.63. The van der Waals surface area contributed by atoms with Crippen LogP contribution in [0.15, 0.2) is 30.5 Å². The van der Waals surface area contributed by atoms with Crippen LogP contribution in [0.2, 0.25) is 0 Å². The first kappa shape index (κ1) is 17.0. The SMILES string of the molecule is COC1(C(=O)Nc2ncc(Cc3ccccc3F)s2)CCNCC1. The minimum absolute atomic E-state index is 0.168. The van der Waals surface area contributed by atoms with Gasteiger partial charge in [0.2, 0.25) is 0 Å². The van der Waals surface area contributed by atoms with Gasteiger partial charge in [0.1, 0.15) is 11.4 Å². The topological polar surface area (TPSA) is 63.2 Å². The van der Waals surface area contributed by atoms with Gasteiger partial charge < -0.3 is 10.1 Å². The summed E-state index contributed by atoms with van der Waals surface area (Å²) in [4.78, 5) is 17.7. The second-order valence-electron chi connectivity index (χ2n) is 5.80. The van der Waals surface area contributed by atoms with Crippen molar-refractivity contribution in [3.05, 3.63) is 46.7 Å². The van der Waals surface area contributed by atoms with Gasteiger partial charge in [-0.1, -0.05) is 18.2 Å². The number of piperidine rings is 1. The minimum Gasteiger partial charge on any atom is -0.368 e. The standard InChI is InChI=1S/C17H20FN3O2S/c1-23-17(6-8-19-9-7-17)15(22)21-16-20-11-13(24-16)10-12-4-2-3-5-14(12)18/h2-5,11,19H,6-10H2,1H3,(H,20,21,22). The molecule has 2 heterocycles. The number of benzene rings is 1. The largest absolute Gasteiger partial charge is 0.368 e. The van der Waals surface area contributed by atoms with E-state index in [1.165, 1.54) is 17.4 Å². The summed E-state index contributed by atoms with van der Waals surface area (Å²) in [5.41, 5.74) is -0.187. The smallest absolute Gasteiger partial charge is 0.258 e. The van der Waals surface area contributed by atoms with Crippen LogP contribution >= 0.6 is 11.3 Å². The van der Waals surface area contributed by atoms with E-state index in [2.05, 4.69) is 15.6 Å². The highest BCUT2D eigenvalue weighted by Crippen LogP contribution is 2.27. The Bertz CT molecular complexity index is 713. The Balaban J connectivity index is 1.67. The van der Waals surface area contributed by atoms with Crippen molar-refractivity contribution in [2.24, 2.45) is 0 Å². The number of anilines is 1. The highest BCUT2D eigenvalue weighted by atomic mass is 32.1. The fraction of sp³-hybridized carbons (Fsp3) is 0.412. The molecular weight excluding hydrogens is 329 g/mol. The first-order valence-electron chi connectivity index (χ1n) is 7.88. The molecular formula is C17H20FN3O2S. The van der Waals surface area contributed by atoms with Crippen LogP contribution in [-0.4, -0.2) is 36.7 Å². The monoisotopic (exact) mass is 349 g/mol. The Morgan fingerprint density at radius 2 is 2.17 bits per heavy atom. The summed E-state index contributed by atoms with van der Waals surface area (Å²) in [7, 11) is 1.57. The van der Waals surface area contributed by atoms with Gasteiger partial charge in [0.25, 0.3) is 5.91 Å². The number of nitrogens with zero attached hydrogens (tertiary/aromatic N) is 1. The van der Waals surface area contributed by atoms with Gasteiger partial charge in [-0.05, 0) is 37.6 Å². The fourth-order valence-corrected chi connectivity index (χ4v) is 3.67. The zero-order valence-corrected chi connectivity index (χ0v) is 14.3. The molecule has 5 nitrogen and oxygen atoms in total. The number of hydrogen-bond donors (Lipinski definition) is 2. The number of thiazole rings is 1. The Morgan fingerprint density at radius 1 is 1.42 bits per heavy atom. The Morgan fingerprint density at radius 3 is 2.88 bits per heavy atom. The number of carbonyl (C=O) groups is 1. The number of ether oxygens (including phenoxy) is 1. The molecule has 0 aliphatic carbocycles. The lowest BCUT2D eigenvalue weighted by molar-refractivity contribution is -0.140. The van der Waals surface area contributed by atoms with Gasteiger partial charge in [0, 0.05) is 24.6 Å². The summed E-state index contributed by atoms with van der Waals surface area (Å²) in [6.07, 6.45) is 3.39. The average molecular weight is 349 g/mol. The molecule has 128 valence electrons. The van der Waals surface area contributed by atoms with Crippen molar-refractivity contribution in [1.29, 1.82) is 0 Å². The quantitative estimate of drug-likeness (QED) is 0.871. The molecule has 0 spiro atoms. The number of methoxy groups -OCH3 is 1. The molecule has 2 aromatic rings. The Hall–Kier alpha value is -1.83. The van der Waals surface area contributed by atoms with E-state index < -0.39 is 5.60 Å². The minimum atomic E-state index is -0.803. The molecule has 1 aliphatic rings. The van der Waals surface area contributed by atoms with Crippen LogP contribution < -0.4 is 10.6 Å². The Kier molecular flexibility index (Phi) is 5.23. The van der Waals surface area contributed by atoms with Crippen LogP contribution in [0.5, 0.6) is 0 Å². The predicted octanol–water partition coefficient (Wildman–Crippen LogP) is 2.58. The first-order valence-corrected chi connectivity index (χ1v) is 8.70. The number of nitrogens with one attached hydrogen (secondary N) is 2. The lowest BCUT2D eigenvalue weighted by Crippen LogP contribution is -2.51. The average Bonchev–Trinajstić information content (AvgIpc) is 3.04. The third-order valence-corrected chi connectivity index (χ3v) is 5.23. The number of aromatic nitrogens is 1. The normalized spacial score (nSPS) is 16.8. The molecule has 1 saturated heterocycles. The molecule has 0 unspecified atom stereocenters. The lowest BCUT2D eigenvalue weighted by Gasteiger charge is -2.34. The Labute approximate surface area is 144 Å². The molecule has 1 aromatic heterocycles. The van der Waals surface area contributed by atoms with Crippen molar-refractivity contribution in [1.82, 2.24) is 10.3 Å². The highest BCUT2D eigenvalue weighted by molar-refractivity contribution is 7.15. The summed E-state index contributed by atoms with van der Waals surface area (Å²) >= 11 is 1.36. The summed E-state index contributed by atoms with van der Waals surface area (Å²) in [6.45, 7) is 1.50. The number of amides is 1. The van der Waals surface area contributed by atoms with Crippen molar-refractivity contribution < 1.29 is 13.9 Å². The number of hydrogen-bond acceptors (Lipinski definition) is 5. The van der Waals surface area contributed by atoms with E-state index in [-0.39, 0.29) is 11.7 Å². The van der Waals surface area contributed by atoms with E-state index in [1.807, 2.05) is 6.07 Å². The molecule has 2 N–H and O–H groups in total. The summed E-state index contributed by atoms with van der Waals surface area (Å²) in [6, 6.07) is 6.67. The molecule has 7 heteroatoms. The van der Waals surface area contributed by atoms with Gasteiger partial charge in [-0.3, -0.25) is 10.1 Å². The first-order chi connectivity index (χ1) is 11.6.